The van der Waals surface area contributed by atoms with E-state index in [2.05, 4.69) is 38.9 Å². The average molecular weight is 672 g/mol. The fraction of sp³-hybridized carbons (Fsp3) is 0.343. The van der Waals surface area contributed by atoms with Crippen molar-refractivity contribution in [2.45, 2.75) is 56.6 Å². The third-order valence-electron chi connectivity index (χ3n) is 7.72. The van der Waals surface area contributed by atoms with Crippen LogP contribution in [0.1, 0.15) is 81.6 Å². The second-order valence-electron chi connectivity index (χ2n) is 11.8. The fourth-order valence-electron chi connectivity index (χ4n) is 5.56. The summed E-state index contributed by atoms with van der Waals surface area (Å²) in [4.78, 5) is 41.0. The van der Waals surface area contributed by atoms with E-state index in [1.165, 1.54) is 13.2 Å². The van der Waals surface area contributed by atoms with Crippen LogP contribution in [0.4, 0.5) is 4.79 Å². The number of hydrogen-bond donors (Lipinski definition) is 0. The number of benzene rings is 3. The van der Waals surface area contributed by atoms with Crippen LogP contribution < -0.4 is 0 Å². The van der Waals surface area contributed by atoms with Gasteiger partial charge in [0, 0.05) is 42.5 Å². The maximum atomic E-state index is 13.3. The van der Waals surface area contributed by atoms with Crippen molar-refractivity contribution >= 4 is 33.9 Å². The van der Waals surface area contributed by atoms with Gasteiger partial charge in [0.05, 0.1) is 35.9 Å². The molecule has 45 heavy (non-hydrogen) atoms. The molecule has 2 atom stereocenters. The minimum atomic E-state index is -0.554. The number of alkyl halides is 1. The summed E-state index contributed by atoms with van der Waals surface area (Å²) in [7, 11) is 1.32. The molecule has 2 aliphatic heterocycles. The van der Waals surface area contributed by atoms with Crippen LogP contribution >= 0.6 is 15.9 Å². The van der Waals surface area contributed by atoms with Crippen LogP contribution in [0.5, 0.6) is 0 Å². The Kier molecular flexibility index (Phi) is 10.6. The van der Waals surface area contributed by atoms with Gasteiger partial charge in [0.25, 0.3) is 5.91 Å². The monoisotopic (exact) mass is 670 g/mol. The molecule has 1 fully saturated rings. The summed E-state index contributed by atoms with van der Waals surface area (Å²) >= 11 is 3.26. The maximum Gasteiger partial charge on any atom is 0.410 e. The molecule has 2 heterocycles. The summed E-state index contributed by atoms with van der Waals surface area (Å²) in [5.74, 6) is -0.475. The highest BCUT2D eigenvalue weighted by Crippen LogP contribution is 2.36. The first-order chi connectivity index (χ1) is 21.5. The van der Waals surface area contributed by atoms with E-state index >= 15 is 0 Å². The lowest BCUT2D eigenvalue weighted by Gasteiger charge is -2.43. The van der Waals surface area contributed by atoms with Gasteiger partial charge in [-0.3, -0.25) is 4.79 Å². The number of carbonyl (C=O) groups excluding carboxylic acids is 3. The van der Waals surface area contributed by atoms with Gasteiger partial charge in [-0.2, -0.15) is 10.5 Å². The van der Waals surface area contributed by atoms with E-state index in [1.54, 1.807) is 29.2 Å². The lowest BCUT2D eigenvalue weighted by atomic mass is 9.85. The quantitative estimate of drug-likeness (QED) is 0.228. The van der Waals surface area contributed by atoms with Gasteiger partial charge < -0.3 is 19.3 Å². The molecule has 0 N–H and O–H groups in total. The number of amides is 2. The van der Waals surface area contributed by atoms with Crippen LogP contribution in [-0.2, 0) is 21.3 Å². The lowest BCUT2D eigenvalue weighted by molar-refractivity contribution is 0.0109. The Morgan fingerprint density at radius 3 is 2.29 bits per heavy atom. The van der Waals surface area contributed by atoms with E-state index in [4.69, 9.17) is 10.00 Å². The number of fused-ring (bicyclic) bond motifs is 1. The van der Waals surface area contributed by atoms with E-state index in [1.807, 2.05) is 56.0 Å². The molecule has 2 amide bonds. The zero-order valence-electron chi connectivity index (χ0n) is 25.7. The van der Waals surface area contributed by atoms with Crippen LogP contribution in [0.2, 0.25) is 0 Å². The topological polar surface area (TPSA) is 124 Å². The molecule has 0 radical (unpaired) electrons. The Balaban J connectivity index is 0.000000276. The van der Waals surface area contributed by atoms with Crippen LogP contribution in [0.3, 0.4) is 0 Å². The van der Waals surface area contributed by atoms with Gasteiger partial charge in [0.2, 0.25) is 0 Å². The highest BCUT2D eigenvalue weighted by Gasteiger charge is 2.41. The standard InChI is InChI=1S/C25H27N3O3.C10H8BrNO2/c1-25(2,3)31-24(30)27-12-11-22(21(16-27)18-7-5-4-6-8-18)28-15-19-10-9-17(14-26)13-20(19)23(28)29;1-14-10(13)9-4-7(6-12)2-3-8(9)5-11/h4-10,13,21-22H,11-12,15-16H2,1-3H3;2-4H,5H2,1H3/t21-,22-;/m0./s1. The molecule has 9 nitrogen and oxygen atoms in total. The number of halogens is 1. The molecule has 232 valence electrons. The van der Waals surface area contributed by atoms with Gasteiger partial charge in [-0.25, -0.2) is 9.59 Å². The number of rotatable bonds is 4. The minimum absolute atomic E-state index is 0.0174. The van der Waals surface area contributed by atoms with Crippen LogP contribution in [-0.4, -0.2) is 59.6 Å². The summed E-state index contributed by atoms with van der Waals surface area (Å²) in [5, 5.41) is 18.4. The second-order valence-corrected chi connectivity index (χ2v) is 12.4. The second kappa shape index (κ2) is 14.4. The van der Waals surface area contributed by atoms with Crippen molar-refractivity contribution in [3.8, 4) is 12.1 Å². The summed E-state index contributed by atoms with van der Waals surface area (Å²) in [6, 6.07) is 24.3. The molecule has 0 bridgehead atoms. The molecule has 0 aliphatic carbocycles. The van der Waals surface area contributed by atoms with Crippen LogP contribution in [0, 0.1) is 22.7 Å². The highest BCUT2D eigenvalue weighted by atomic mass is 79.9. The van der Waals surface area contributed by atoms with Crippen molar-refractivity contribution < 1.29 is 23.9 Å². The third kappa shape index (κ3) is 7.89. The average Bonchev–Trinajstić information content (AvgIpc) is 3.38. The van der Waals surface area contributed by atoms with Crippen molar-refractivity contribution in [2.24, 2.45) is 0 Å². The van der Waals surface area contributed by atoms with E-state index in [0.29, 0.717) is 53.6 Å². The van der Waals surface area contributed by atoms with Crippen molar-refractivity contribution in [2.75, 3.05) is 20.2 Å². The Bertz CT molecular complexity index is 1660. The molecule has 3 aromatic rings. The summed E-state index contributed by atoms with van der Waals surface area (Å²) < 4.78 is 10.2. The Morgan fingerprint density at radius 2 is 1.67 bits per heavy atom. The fourth-order valence-corrected chi connectivity index (χ4v) is 6.05. The SMILES string of the molecule is CC(C)(C)OC(=O)N1CC[C@H](N2Cc3ccc(C#N)cc3C2=O)[C@H](c2ccccc2)C1.COC(=O)c1cc(C#N)ccc1CBr. The number of piperidine rings is 1. The minimum Gasteiger partial charge on any atom is -0.465 e. The highest BCUT2D eigenvalue weighted by molar-refractivity contribution is 9.08. The van der Waals surface area contributed by atoms with Crippen LogP contribution in [0.15, 0.2) is 66.7 Å². The molecule has 10 heteroatoms. The number of hydrogen-bond acceptors (Lipinski definition) is 7. The molecule has 0 unspecified atom stereocenters. The largest absolute Gasteiger partial charge is 0.465 e. The molecule has 1 saturated heterocycles. The van der Waals surface area contributed by atoms with Crippen molar-refractivity contribution in [3.63, 3.8) is 0 Å². The first-order valence-corrected chi connectivity index (χ1v) is 15.7. The summed E-state index contributed by atoms with van der Waals surface area (Å²) in [6.07, 6.45) is 0.352. The van der Waals surface area contributed by atoms with E-state index in [0.717, 1.165) is 16.7 Å². The van der Waals surface area contributed by atoms with Gasteiger partial charge in [0.1, 0.15) is 5.60 Å². The molecule has 3 aromatic carbocycles. The molecule has 0 aromatic heterocycles. The normalized spacial score (nSPS) is 17.3. The van der Waals surface area contributed by atoms with Crippen LogP contribution in [0.25, 0.3) is 0 Å². The smallest absolute Gasteiger partial charge is 0.410 e. The predicted octanol–water partition coefficient (Wildman–Crippen LogP) is 6.55. The molecule has 5 rings (SSSR count). The number of methoxy groups -OCH3 is 1. The zero-order chi connectivity index (χ0) is 32.7. The third-order valence-corrected chi connectivity index (χ3v) is 8.32. The molecule has 0 saturated carbocycles. The Morgan fingerprint density at radius 1 is 1.00 bits per heavy atom. The van der Waals surface area contributed by atoms with Gasteiger partial charge >= 0.3 is 12.1 Å². The molecular weight excluding hydrogens is 636 g/mol. The van der Waals surface area contributed by atoms with Gasteiger partial charge in [-0.15, -0.1) is 0 Å². The van der Waals surface area contributed by atoms with Gasteiger partial charge in [-0.1, -0.05) is 58.4 Å². The predicted molar refractivity (Wildman–Crippen MR) is 172 cm³/mol. The van der Waals surface area contributed by atoms with E-state index < -0.39 is 11.6 Å². The van der Waals surface area contributed by atoms with Gasteiger partial charge in [0.15, 0.2) is 0 Å². The molecule has 0 spiro atoms. The first kappa shape index (κ1) is 33.2. The Hall–Kier alpha value is -4.67. The van der Waals surface area contributed by atoms with Crippen molar-refractivity contribution in [1.29, 1.82) is 10.5 Å². The van der Waals surface area contributed by atoms with Gasteiger partial charge in [-0.05, 0) is 68.1 Å². The molecular formula is C35H35BrN4O5. The number of nitriles is 2. The zero-order valence-corrected chi connectivity index (χ0v) is 27.3. The van der Waals surface area contributed by atoms with E-state index in [9.17, 15) is 19.6 Å². The number of esters is 1. The van der Waals surface area contributed by atoms with Crippen molar-refractivity contribution in [3.05, 3.63) is 106 Å². The summed E-state index contributed by atoms with van der Waals surface area (Å²) in [6.45, 7) is 7.14. The Labute approximate surface area is 272 Å². The maximum absolute atomic E-state index is 13.3. The number of ether oxygens (including phenoxy) is 2. The number of nitrogens with zero attached hydrogens (tertiary/aromatic N) is 4. The molecule has 2 aliphatic rings. The van der Waals surface area contributed by atoms with E-state index in [-0.39, 0.29) is 24.0 Å². The first-order valence-electron chi connectivity index (χ1n) is 14.5. The lowest BCUT2D eigenvalue weighted by Crippen LogP contribution is -2.52. The van der Waals surface area contributed by atoms with Crippen molar-refractivity contribution in [1.82, 2.24) is 9.80 Å². The summed E-state index contributed by atoms with van der Waals surface area (Å²) in [5.41, 5.74) is 4.30. The number of likely N-dealkylation sites (tertiary alicyclic amines) is 1. The number of carbonyl (C=O) groups is 3.